The van der Waals surface area contributed by atoms with Crippen LogP contribution in [-0.4, -0.2) is 0 Å². The van der Waals surface area contributed by atoms with Gasteiger partial charge >= 0.3 is 0 Å². The highest BCUT2D eigenvalue weighted by Gasteiger charge is 1.68. The topological polar surface area (TPSA) is 0 Å². The van der Waals surface area contributed by atoms with Gasteiger partial charge in [0.2, 0.25) is 0 Å². The third-order valence-corrected chi connectivity index (χ3v) is 0. The minimum absolute atomic E-state index is 0. The predicted molar refractivity (Wildman–Crippen MR) is 65.9 cm³/mol. The lowest BCUT2D eigenvalue weighted by Gasteiger charge is -1.79. The summed E-state index contributed by atoms with van der Waals surface area (Å²) in [5.74, 6) is 0.833. The molecule has 0 spiro atoms. The highest BCUT2D eigenvalue weighted by atomic mass is 13.7. The lowest BCUT2D eigenvalue weighted by molar-refractivity contribution is 0.737. The molecule has 0 amide bonds. The molecule has 0 saturated carbocycles. The number of rotatable bonds is 0. The van der Waals surface area contributed by atoms with Gasteiger partial charge in [-0.3, -0.25) is 0 Å². The van der Waals surface area contributed by atoms with E-state index in [0.29, 0.717) is 0 Å². The highest BCUT2D eigenvalue weighted by molar-refractivity contribution is 4.20. The molecule has 0 saturated heterocycles. The smallest absolute Gasteiger partial charge is 0.0500 e. The normalized spacial score (nSPS) is 6.00. The minimum Gasteiger partial charge on any atom is -0.0776 e. The number of hydrogen-bond acceptors (Lipinski definition) is 0. The second kappa shape index (κ2) is 44.0. The average molecular weight is 178 g/mol. The summed E-state index contributed by atoms with van der Waals surface area (Å²) in [4.78, 5) is 0. The highest BCUT2D eigenvalue weighted by Crippen LogP contribution is 1.81. The Labute approximate surface area is 82.8 Å². The van der Waals surface area contributed by atoms with Gasteiger partial charge in [-0.1, -0.05) is 76.2 Å². The fourth-order valence-electron chi connectivity index (χ4n) is 0. The predicted octanol–water partition coefficient (Wildman–Crippen LogP) is 5.77. The molecule has 0 unspecified atom stereocenters. The van der Waals surface area contributed by atoms with Gasteiger partial charge in [0.1, 0.15) is 0 Å². The van der Waals surface area contributed by atoms with Crippen LogP contribution in [0.1, 0.15) is 76.2 Å². The Balaban J connectivity index is -0.0000000191. The van der Waals surface area contributed by atoms with Crippen LogP contribution in [0.2, 0.25) is 0 Å². The van der Waals surface area contributed by atoms with Crippen LogP contribution >= 0.6 is 0 Å². The Bertz CT molecular complexity index is 16.5. The van der Waals surface area contributed by atoms with Gasteiger partial charge in [0.05, 0.1) is 0 Å². The summed E-state index contributed by atoms with van der Waals surface area (Å²) in [7, 11) is 0. The van der Waals surface area contributed by atoms with E-state index in [-0.39, 0.29) is 14.9 Å². The summed E-state index contributed by atoms with van der Waals surface area (Å²) in [6.45, 7) is 15.0. The van der Waals surface area contributed by atoms with E-state index in [1.807, 2.05) is 0 Å². The molecule has 0 aliphatic heterocycles. The fourth-order valence-corrected chi connectivity index (χ4v) is 0. The first-order valence-corrected chi connectivity index (χ1v) is 4.56. The molecule has 82 valence electrons. The summed E-state index contributed by atoms with van der Waals surface area (Å²) < 4.78 is 0. The summed E-state index contributed by atoms with van der Waals surface area (Å²) >= 11 is 0. The SMILES string of the molecule is C.C.CC(C)C.CCC.CCC. The molecule has 0 nitrogen and oxygen atoms in total. The third-order valence-electron chi connectivity index (χ3n) is 0. The molecule has 0 bridgehead atoms. The molecule has 0 aliphatic carbocycles. The van der Waals surface area contributed by atoms with Crippen LogP contribution in [-0.2, 0) is 0 Å². The molecule has 0 fully saturated rings. The van der Waals surface area contributed by atoms with Crippen molar-refractivity contribution in [3.63, 3.8) is 0 Å². The number of hydrogen-bond donors (Lipinski definition) is 0. The Morgan fingerprint density at radius 1 is 0.667 bits per heavy atom. The van der Waals surface area contributed by atoms with Crippen molar-refractivity contribution in [2.75, 3.05) is 0 Å². The molecule has 0 radical (unpaired) electrons. The van der Waals surface area contributed by atoms with E-state index in [9.17, 15) is 0 Å². The Morgan fingerprint density at radius 2 is 0.667 bits per heavy atom. The van der Waals surface area contributed by atoms with E-state index in [1.54, 1.807) is 0 Å². The summed E-state index contributed by atoms with van der Waals surface area (Å²) in [5.41, 5.74) is 0. The van der Waals surface area contributed by atoms with Gasteiger partial charge in [0.15, 0.2) is 0 Å². The molecule has 0 aromatic carbocycles. The largest absolute Gasteiger partial charge is 0.0776 e. The quantitative estimate of drug-likeness (QED) is 0.442. The zero-order chi connectivity index (χ0) is 8.99. The Kier molecular flexibility index (Phi) is 109. The van der Waals surface area contributed by atoms with E-state index in [0.717, 1.165) is 5.92 Å². The zero-order valence-electron chi connectivity index (χ0n) is 8.99. The molecule has 0 heteroatoms. The maximum atomic E-state index is 2.17. The van der Waals surface area contributed by atoms with E-state index >= 15 is 0 Å². The lowest BCUT2D eigenvalue weighted by atomic mass is 10.3. The fraction of sp³-hybridized carbons (Fsp3) is 1.00. The van der Waals surface area contributed by atoms with E-state index < -0.39 is 0 Å². The second-order valence-electron chi connectivity index (χ2n) is 3.15. The monoisotopic (exact) mass is 178 g/mol. The first-order chi connectivity index (χ1) is 4.56. The van der Waals surface area contributed by atoms with Crippen LogP contribution < -0.4 is 0 Å². The Hall–Kier alpha value is 0. The Morgan fingerprint density at radius 3 is 0.667 bits per heavy atom. The van der Waals surface area contributed by atoms with Crippen molar-refractivity contribution in [1.29, 1.82) is 0 Å². The van der Waals surface area contributed by atoms with Gasteiger partial charge in [-0.05, 0) is 5.92 Å². The molecule has 0 aromatic heterocycles. The van der Waals surface area contributed by atoms with Crippen LogP contribution in [0.15, 0.2) is 0 Å². The second-order valence-corrected chi connectivity index (χ2v) is 3.15. The van der Waals surface area contributed by atoms with Crippen molar-refractivity contribution < 1.29 is 0 Å². The maximum absolute atomic E-state index is 2.17. The van der Waals surface area contributed by atoms with Crippen LogP contribution in [0.4, 0.5) is 0 Å². The van der Waals surface area contributed by atoms with Crippen molar-refractivity contribution >= 4 is 0 Å². The summed E-state index contributed by atoms with van der Waals surface area (Å²) in [6, 6.07) is 0. The molecule has 0 aromatic rings. The minimum atomic E-state index is 0. The first-order valence-electron chi connectivity index (χ1n) is 4.56. The average Bonchev–Trinajstić information content (AvgIpc) is 1.65. The zero-order valence-corrected chi connectivity index (χ0v) is 8.99. The van der Waals surface area contributed by atoms with Crippen molar-refractivity contribution in [3.8, 4) is 0 Å². The van der Waals surface area contributed by atoms with Gasteiger partial charge in [-0.15, -0.1) is 0 Å². The van der Waals surface area contributed by atoms with Crippen LogP contribution in [0, 0.1) is 5.92 Å². The van der Waals surface area contributed by atoms with Crippen molar-refractivity contribution in [1.82, 2.24) is 0 Å². The standard InChI is InChI=1S/C4H10.2C3H8.2CH4/c1-4(2)3;2*1-3-2;;/h4H,1-3H3;2*3H2,1-2H3;2*1H4. The van der Waals surface area contributed by atoms with Crippen molar-refractivity contribution in [2.24, 2.45) is 5.92 Å². The molecule has 0 aliphatic rings. The van der Waals surface area contributed by atoms with E-state index in [2.05, 4.69) is 48.5 Å². The van der Waals surface area contributed by atoms with Gasteiger partial charge in [0.25, 0.3) is 0 Å². The van der Waals surface area contributed by atoms with Gasteiger partial charge in [-0.2, -0.15) is 0 Å². The van der Waals surface area contributed by atoms with Crippen molar-refractivity contribution in [2.45, 2.75) is 76.2 Å². The lowest BCUT2D eigenvalue weighted by Crippen LogP contribution is -1.66. The summed E-state index contributed by atoms with van der Waals surface area (Å²) in [5, 5.41) is 0. The molecule has 0 rings (SSSR count). The van der Waals surface area contributed by atoms with Crippen LogP contribution in [0.25, 0.3) is 0 Å². The molecule has 12 heavy (non-hydrogen) atoms. The maximum Gasteiger partial charge on any atom is -0.0500 e. The van der Waals surface area contributed by atoms with E-state index in [1.165, 1.54) is 12.8 Å². The molecule has 0 atom stereocenters. The molecular formula is C12H34. The first kappa shape index (κ1) is 29.6. The van der Waals surface area contributed by atoms with Gasteiger partial charge in [0, 0.05) is 0 Å². The molecule has 0 heterocycles. The van der Waals surface area contributed by atoms with Crippen LogP contribution in [0.3, 0.4) is 0 Å². The molecule has 0 N–H and O–H groups in total. The van der Waals surface area contributed by atoms with Gasteiger partial charge < -0.3 is 0 Å². The van der Waals surface area contributed by atoms with Crippen molar-refractivity contribution in [3.05, 3.63) is 0 Å². The summed E-state index contributed by atoms with van der Waals surface area (Å²) in [6.07, 6.45) is 2.50. The van der Waals surface area contributed by atoms with Gasteiger partial charge in [-0.25, -0.2) is 0 Å². The molecular weight excluding hydrogens is 144 g/mol. The van der Waals surface area contributed by atoms with Crippen LogP contribution in [0.5, 0.6) is 0 Å². The third kappa shape index (κ3) is 0. The van der Waals surface area contributed by atoms with E-state index in [4.69, 9.17) is 0 Å².